The molecule has 3 saturated carbocycles. The van der Waals surface area contributed by atoms with Gasteiger partial charge in [0.05, 0.1) is 30.2 Å². The fourth-order valence-electron chi connectivity index (χ4n) is 14.5. The largest absolute Gasteiger partial charge is 0.417 e. The molecule has 1 spiro atoms. The molecule has 4 aliphatic rings. The Bertz CT molecular complexity index is 3160. The molecular weight excluding hydrogens is 1300 g/mol. The van der Waals surface area contributed by atoms with Gasteiger partial charge in [0.25, 0.3) is 0 Å². The molecule has 3 aliphatic carbocycles. The van der Waals surface area contributed by atoms with E-state index in [1.54, 1.807) is 40.1 Å². The Kier molecular flexibility index (Phi) is 29.5. The number of nitrogens with zero attached hydrogens (tertiary/aromatic N) is 9. The Morgan fingerprint density at radius 2 is 1.23 bits per heavy atom. The van der Waals surface area contributed by atoms with E-state index in [0.717, 1.165) is 78.2 Å². The first-order valence-corrected chi connectivity index (χ1v) is 35.7. The number of likely N-dealkylation sites (N-methyl/N-ethyl adjacent to an activating group) is 8. The van der Waals surface area contributed by atoms with E-state index in [2.05, 4.69) is 20.9 Å². The number of rotatable bonds is 12. The highest BCUT2D eigenvalue weighted by Crippen LogP contribution is 2.38. The van der Waals surface area contributed by atoms with Crippen molar-refractivity contribution in [3.63, 3.8) is 0 Å². The number of nitrogens with one attached hydrogen (secondary N) is 3. The standard InChI is InChI=1S/C72H108ClF3N12O11/c1-14-46(4)62-68(97)83(8)43-60(91)81(6)44-61(92)86(11)57(39-48-24-17-15-18-25-48)67(96)82(7)42-58(89)78-54(32-30-49-29-31-52(53(73)38-49)72(74,75)76)66(95)87(12)56(40-50-26-23-35-77-41-50)65(94)80-71(33-21-22-34-71)70(99)88(13)63(51-27-19-16-20-28-51)69(98)84(9)47(5)37-59(90)85(10)55(36-45(2)3)64(93)79-62/h23,26,29,31,35,38,41,45-48,51,54-57,62-63H,14-22,24-25,27-28,30,32-34,36-37,39-40,42-44H2,1-13H3,(H,78,89)(H,79,93)(H,80,94)/t46-,47+,54-,55-,56-,57-,62-,63-/m0/s1. The summed E-state index contributed by atoms with van der Waals surface area (Å²) in [6.45, 7) is 7.47. The second-order valence-electron chi connectivity index (χ2n) is 29.0. The maximum Gasteiger partial charge on any atom is 0.417 e. The first-order chi connectivity index (χ1) is 46.6. The molecule has 8 atom stereocenters. The summed E-state index contributed by atoms with van der Waals surface area (Å²) in [7, 11) is 11.6. The zero-order chi connectivity index (χ0) is 73.4. The molecule has 11 amide bonds. The summed E-state index contributed by atoms with van der Waals surface area (Å²) in [5, 5.41) is 8.19. The molecule has 0 unspecified atom stereocenters. The number of hydrogen-bond acceptors (Lipinski definition) is 12. The molecule has 2 heterocycles. The molecule has 0 radical (unpaired) electrons. The summed E-state index contributed by atoms with van der Waals surface area (Å²) in [6, 6.07) is -1.57. The summed E-state index contributed by atoms with van der Waals surface area (Å²) in [5.74, 6) is -7.76. The van der Waals surface area contributed by atoms with E-state index in [1.165, 1.54) is 85.2 Å². The third-order valence-corrected chi connectivity index (χ3v) is 21.4. The maximum atomic E-state index is 15.7. The summed E-state index contributed by atoms with van der Waals surface area (Å²) >= 11 is 6.18. The molecule has 3 N–H and O–H groups in total. The van der Waals surface area contributed by atoms with Gasteiger partial charge in [-0.3, -0.25) is 57.7 Å². The van der Waals surface area contributed by atoms with Gasteiger partial charge in [0, 0.05) is 87.7 Å². The molecule has 99 heavy (non-hydrogen) atoms. The molecular formula is C72H108ClF3N12O11. The monoisotopic (exact) mass is 1410 g/mol. The lowest BCUT2D eigenvalue weighted by Gasteiger charge is -2.43. The van der Waals surface area contributed by atoms with Gasteiger partial charge in [0.2, 0.25) is 65.0 Å². The van der Waals surface area contributed by atoms with E-state index in [9.17, 15) is 46.7 Å². The van der Waals surface area contributed by atoms with Crippen molar-refractivity contribution < 1.29 is 65.9 Å². The van der Waals surface area contributed by atoms with Crippen molar-refractivity contribution >= 4 is 76.6 Å². The Balaban J connectivity index is 1.44. The van der Waals surface area contributed by atoms with Crippen LogP contribution >= 0.6 is 11.6 Å². The highest BCUT2D eigenvalue weighted by Gasteiger charge is 2.50. The third kappa shape index (κ3) is 21.3. The van der Waals surface area contributed by atoms with Gasteiger partial charge in [-0.1, -0.05) is 122 Å². The van der Waals surface area contributed by atoms with Crippen molar-refractivity contribution in [2.45, 2.75) is 223 Å². The number of carbonyl (C=O) groups excluding carboxylic acids is 11. The molecule has 23 nitrogen and oxygen atoms in total. The van der Waals surface area contributed by atoms with Crippen LogP contribution in [0.3, 0.4) is 0 Å². The second kappa shape index (κ2) is 36.3. The Morgan fingerprint density at radius 3 is 1.82 bits per heavy atom. The lowest BCUT2D eigenvalue weighted by molar-refractivity contribution is -0.153. The van der Waals surface area contributed by atoms with Crippen LogP contribution in [0.15, 0.2) is 42.7 Å². The molecule has 2 aromatic rings. The molecule has 1 aromatic heterocycles. The highest BCUT2D eigenvalue weighted by molar-refractivity contribution is 6.31. The fraction of sp³-hybridized carbons (Fsp3) is 0.694. The van der Waals surface area contributed by atoms with Crippen molar-refractivity contribution in [2.24, 2.45) is 23.7 Å². The first kappa shape index (κ1) is 80.6. The van der Waals surface area contributed by atoms with Gasteiger partial charge in [-0.15, -0.1) is 0 Å². The summed E-state index contributed by atoms with van der Waals surface area (Å²) in [4.78, 5) is 178. The number of alkyl halides is 3. The van der Waals surface area contributed by atoms with Gasteiger partial charge in [-0.2, -0.15) is 13.2 Å². The Morgan fingerprint density at radius 1 is 0.626 bits per heavy atom. The van der Waals surface area contributed by atoms with Crippen LogP contribution in [-0.4, -0.2) is 233 Å². The van der Waals surface area contributed by atoms with E-state index < -0.39 is 155 Å². The van der Waals surface area contributed by atoms with Crippen LogP contribution in [-0.2, 0) is 71.8 Å². The molecule has 4 fully saturated rings. The average Bonchev–Trinajstić information content (AvgIpc) is 1.76. The number of aryl methyl sites for hydroxylation is 1. The van der Waals surface area contributed by atoms with Crippen LogP contribution < -0.4 is 16.0 Å². The van der Waals surface area contributed by atoms with Gasteiger partial charge >= 0.3 is 6.18 Å². The SMILES string of the molecule is CC[C@H](C)[C@@H]1NC(=O)[C@H](CC(C)C)N(C)C(=O)C[C@@H](C)N(C)C(=O)[C@H](C2CCCCC2)N(C)C(=O)C2(CCCC2)NC(=O)[C@H](Cc2cccnc2)N(C)C(=O)[C@H](CCc2ccc(C(F)(F)F)c(Cl)c2)NC(=O)CN(C)C(=O)[C@H](CC2CCCCC2)N(C)C(=O)CN(C)C(=O)CN(C)C1=O. The van der Waals surface area contributed by atoms with E-state index in [0.29, 0.717) is 37.7 Å². The minimum absolute atomic E-state index is 0.0135. The summed E-state index contributed by atoms with van der Waals surface area (Å²) < 4.78 is 41.8. The van der Waals surface area contributed by atoms with E-state index in [4.69, 9.17) is 11.6 Å². The number of benzene rings is 1. The third-order valence-electron chi connectivity index (χ3n) is 21.1. The highest BCUT2D eigenvalue weighted by atomic mass is 35.5. The van der Waals surface area contributed by atoms with E-state index >= 15 is 19.2 Å². The quantitative estimate of drug-likeness (QED) is 0.196. The van der Waals surface area contributed by atoms with Crippen molar-refractivity contribution in [1.29, 1.82) is 0 Å². The van der Waals surface area contributed by atoms with E-state index in [-0.39, 0.29) is 74.7 Å². The predicted octanol–water partition coefficient (Wildman–Crippen LogP) is 6.90. The van der Waals surface area contributed by atoms with Crippen molar-refractivity contribution in [1.82, 2.24) is 60.1 Å². The molecule has 1 aromatic carbocycles. The van der Waals surface area contributed by atoms with Crippen LogP contribution in [0.1, 0.15) is 173 Å². The number of pyridine rings is 1. The molecule has 6 rings (SSSR count). The van der Waals surface area contributed by atoms with Gasteiger partial charge in [0.1, 0.15) is 41.8 Å². The van der Waals surface area contributed by atoms with Crippen molar-refractivity contribution in [2.75, 3.05) is 76.0 Å². The van der Waals surface area contributed by atoms with Crippen molar-refractivity contribution in [3.05, 3.63) is 64.4 Å². The number of halogens is 4. The van der Waals surface area contributed by atoms with Gasteiger partial charge in [0.15, 0.2) is 0 Å². The molecule has 550 valence electrons. The van der Waals surface area contributed by atoms with Crippen LogP contribution in [0.4, 0.5) is 13.2 Å². The number of amides is 11. The van der Waals surface area contributed by atoms with Gasteiger partial charge in [-0.05, 0) is 111 Å². The zero-order valence-corrected chi connectivity index (χ0v) is 61.1. The van der Waals surface area contributed by atoms with Crippen LogP contribution in [0.5, 0.6) is 0 Å². The lowest BCUT2D eigenvalue weighted by atomic mass is 9.81. The first-order valence-electron chi connectivity index (χ1n) is 35.3. The topological polar surface area (TPSA) is 263 Å². The zero-order valence-electron chi connectivity index (χ0n) is 60.4. The smallest absolute Gasteiger partial charge is 0.343 e. The van der Waals surface area contributed by atoms with Crippen LogP contribution in [0.2, 0.25) is 5.02 Å². The predicted molar refractivity (Wildman–Crippen MR) is 369 cm³/mol. The minimum Gasteiger partial charge on any atom is -0.343 e. The number of aromatic nitrogens is 1. The molecule has 1 saturated heterocycles. The Hall–Kier alpha value is -7.38. The Labute approximate surface area is 587 Å². The number of carbonyl (C=O) groups is 11. The number of hydrogen-bond donors (Lipinski definition) is 3. The lowest BCUT2D eigenvalue weighted by Crippen LogP contribution is -2.65. The summed E-state index contributed by atoms with van der Waals surface area (Å²) in [6.07, 6.45) is 7.84. The van der Waals surface area contributed by atoms with Crippen LogP contribution in [0.25, 0.3) is 0 Å². The fourth-order valence-corrected chi connectivity index (χ4v) is 14.8. The molecule has 0 bridgehead atoms. The normalized spacial score (nSPS) is 25.6. The average molecular weight is 1410 g/mol. The molecule has 27 heteroatoms. The van der Waals surface area contributed by atoms with Gasteiger partial charge < -0.3 is 55.1 Å². The maximum absolute atomic E-state index is 15.7. The van der Waals surface area contributed by atoms with Gasteiger partial charge in [-0.25, -0.2) is 0 Å². The molecule has 1 aliphatic heterocycles. The van der Waals surface area contributed by atoms with E-state index in [1.807, 2.05) is 20.8 Å². The second-order valence-corrected chi connectivity index (χ2v) is 29.4. The van der Waals surface area contributed by atoms with Crippen molar-refractivity contribution in [3.8, 4) is 0 Å². The van der Waals surface area contributed by atoms with Crippen LogP contribution in [0, 0.1) is 23.7 Å². The summed E-state index contributed by atoms with van der Waals surface area (Å²) in [5.41, 5.74) is -1.86. The minimum atomic E-state index is -4.77.